The first-order valence-corrected chi connectivity index (χ1v) is 14.9. The Kier molecular flexibility index (Phi) is 7.47. The van der Waals surface area contributed by atoms with Crippen LogP contribution >= 0.6 is 0 Å². The number of ether oxygens (including phenoxy) is 2. The Morgan fingerprint density at radius 3 is 2.57 bits per heavy atom. The summed E-state index contributed by atoms with van der Waals surface area (Å²) >= 11 is 0. The van der Waals surface area contributed by atoms with E-state index in [4.69, 9.17) is 26.0 Å². The summed E-state index contributed by atoms with van der Waals surface area (Å²) in [6.07, 6.45) is 8.19. The van der Waals surface area contributed by atoms with Crippen LogP contribution in [0.4, 0.5) is 8.78 Å². The molecule has 2 fully saturated rings. The molecule has 1 unspecified atom stereocenters. The van der Waals surface area contributed by atoms with Crippen LogP contribution in [-0.4, -0.2) is 47.7 Å². The van der Waals surface area contributed by atoms with Gasteiger partial charge in [-0.05, 0) is 80.9 Å². The number of primary amides is 1. The Labute approximate surface area is 254 Å². The Hall–Kier alpha value is -4.25. The van der Waals surface area contributed by atoms with Gasteiger partial charge in [-0.15, -0.1) is 0 Å². The van der Waals surface area contributed by atoms with E-state index in [1.807, 2.05) is 6.08 Å². The fraction of sp³-hybridized carbons (Fsp3) is 0.424. The third kappa shape index (κ3) is 5.45. The lowest BCUT2D eigenvalue weighted by molar-refractivity contribution is -0.123. The molecule has 44 heavy (non-hydrogen) atoms. The standard InChI is InChI=1S/C33H37F2N5O4/c1-18(19-4-5-19)12-23-13-21(14-27(43-3)40(23)37)30(41)38-16-25(33(35)10-11-33)26-15-24-29(44-17-32(24,2)31(36)42)28(39-26)20-6-8-22(34)9-7-20/h6-9,12-15,18-19,25H,4-5,10-11,16-17,37H2,1-3H3,(H2,36,42)(H,38,41)/b23-12-/t18?,25-,32+/m1/s1. The normalized spacial score (nSPS) is 24.0. The van der Waals surface area contributed by atoms with Crippen molar-refractivity contribution in [2.45, 2.75) is 56.5 Å². The Morgan fingerprint density at radius 1 is 1.25 bits per heavy atom. The van der Waals surface area contributed by atoms with Gasteiger partial charge in [-0.2, -0.15) is 0 Å². The van der Waals surface area contributed by atoms with Gasteiger partial charge in [0.05, 0.1) is 18.7 Å². The summed E-state index contributed by atoms with van der Waals surface area (Å²) in [5.74, 6) is 5.53. The second-order valence-corrected chi connectivity index (χ2v) is 12.5. The van der Waals surface area contributed by atoms with Crippen LogP contribution < -0.4 is 21.6 Å². The van der Waals surface area contributed by atoms with Crippen LogP contribution in [0.15, 0.2) is 65.7 Å². The Balaban J connectivity index is 1.33. The van der Waals surface area contributed by atoms with E-state index in [-0.39, 0.29) is 19.1 Å². The largest absolute Gasteiger partial charge is 0.489 e. The molecule has 0 bridgehead atoms. The molecular weight excluding hydrogens is 568 g/mol. The summed E-state index contributed by atoms with van der Waals surface area (Å²) < 4.78 is 41.2. The van der Waals surface area contributed by atoms with Gasteiger partial charge in [-0.1, -0.05) is 13.0 Å². The van der Waals surface area contributed by atoms with E-state index >= 15 is 4.39 Å². The van der Waals surface area contributed by atoms with Gasteiger partial charge in [0.25, 0.3) is 5.91 Å². The smallest absolute Gasteiger partial charge is 0.251 e. The molecule has 4 aliphatic rings. The minimum absolute atomic E-state index is 0.00510. The number of allylic oxidation sites excluding steroid dienone is 2. The van der Waals surface area contributed by atoms with Crippen LogP contribution in [0, 0.1) is 17.7 Å². The molecule has 6 rings (SSSR count). The molecule has 1 aromatic heterocycles. The van der Waals surface area contributed by atoms with E-state index in [2.05, 4.69) is 12.2 Å². The molecule has 11 heteroatoms. The molecule has 2 amide bonds. The number of hydrazine groups is 1. The summed E-state index contributed by atoms with van der Waals surface area (Å²) in [5, 5.41) is 4.30. The van der Waals surface area contributed by atoms with Gasteiger partial charge < -0.3 is 20.5 Å². The molecule has 2 aliphatic carbocycles. The van der Waals surface area contributed by atoms with Gasteiger partial charge in [-0.3, -0.25) is 9.59 Å². The number of carbonyl (C=O) groups excluding carboxylic acids is 2. The third-order valence-corrected chi connectivity index (χ3v) is 9.30. The SMILES string of the molecule is COC1=CC(C(=O)NC[C@H](c2cc3c(c(-c4ccc(F)cc4)n2)OC[C@]3(C)C(N)=O)C2(F)CC2)=C/C(=C/C(C)C2CC2)N1N. The summed E-state index contributed by atoms with van der Waals surface area (Å²) in [6.45, 7) is 3.73. The number of alkyl halides is 1. The van der Waals surface area contributed by atoms with Gasteiger partial charge in [0.2, 0.25) is 11.8 Å². The topological polar surface area (TPSA) is 133 Å². The molecule has 3 heterocycles. The number of fused-ring (bicyclic) bond motifs is 1. The molecule has 5 N–H and O–H groups in total. The minimum Gasteiger partial charge on any atom is -0.489 e. The number of rotatable bonds is 10. The van der Waals surface area contributed by atoms with Crippen LogP contribution in [0.2, 0.25) is 0 Å². The highest BCUT2D eigenvalue weighted by atomic mass is 19.1. The zero-order valence-corrected chi connectivity index (χ0v) is 25.0. The molecule has 0 spiro atoms. The average Bonchev–Trinajstić information content (AvgIpc) is 3.94. The number of aromatic nitrogens is 1. The zero-order valence-electron chi connectivity index (χ0n) is 25.0. The Bertz CT molecular complexity index is 1600. The number of carbonyl (C=O) groups is 2. The lowest BCUT2D eigenvalue weighted by Crippen LogP contribution is -2.40. The van der Waals surface area contributed by atoms with E-state index in [0.717, 1.165) is 12.8 Å². The maximum atomic E-state index is 16.0. The minimum atomic E-state index is -1.61. The summed E-state index contributed by atoms with van der Waals surface area (Å²) in [4.78, 5) is 30.9. The van der Waals surface area contributed by atoms with E-state index in [1.54, 1.807) is 37.3 Å². The predicted octanol–water partition coefficient (Wildman–Crippen LogP) is 4.26. The van der Waals surface area contributed by atoms with Crippen LogP contribution in [-0.2, 0) is 19.7 Å². The van der Waals surface area contributed by atoms with Crippen molar-refractivity contribution in [1.29, 1.82) is 0 Å². The first kappa shape index (κ1) is 29.8. The lowest BCUT2D eigenvalue weighted by atomic mass is 9.82. The van der Waals surface area contributed by atoms with Crippen molar-refractivity contribution < 1.29 is 27.8 Å². The van der Waals surface area contributed by atoms with Crippen molar-refractivity contribution >= 4 is 11.8 Å². The number of pyridine rings is 1. The van der Waals surface area contributed by atoms with Gasteiger partial charge in [0.15, 0.2) is 0 Å². The summed E-state index contributed by atoms with van der Waals surface area (Å²) in [7, 11) is 1.48. The number of hydrogen-bond acceptors (Lipinski definition) is 7. The maximum absolute atomic E-state index is 16.0. The first-order valence-electron chi connectivity index (χ1n) is 14.9. The highest BCUT2D eigenvalue weighted by Gasteiger charge is 2.53. The maximum Gasteiger partial charge on any atom is 0.251 e. The molecule has 0 radical (unpaired) electrons. The second kappa shape index (κ2) is 11.0. The van der Waals surface area contributed by atoms with Crippen LogP contribution in [0.25, 0.3) is 11.3 Å². The molecule has 0 saturated heterocycles. The van der Waals surface area contributed by atoms with Gasteiger partial charge in [0, 0.05) is 35.0 Å². The molecule has 2 aliphatic heterocycles. The van der Waals surface area contributed by atoms with E-state index in [9.17, 15) is 14.0 Å². The van der Waals surface area contributed by atoms with E-state index < -0.39 is 34.6 Å². The number of nitrogens with zero attached hydrogens (tertiary/aromatic N) is 2. The number of halogens is 2. The molecule has 9 nitrogen and oxygen atoms in total. The number of hydrogen-bond donors (Lipinski definition) is 3. The molecule has 1 aromatic carbocycles. The summed E-state index contributed by atoms with van der Waals surface area (Å²) in [6, 6.07) is 7.35. The predicted molar refractivity (Wildman–Crippen MR) is 160 cm³/mol. The van der Waals surface area contributed by atoms with Crippen molar-refractivity contribution in [2.75, 3.05) is 20.3 Å². The fourth-order valence-corrected chi connectivity index (χ4v) is 5.95. The van der Waals surface area contributed by atoms with Crippen molar-refractivity contribution in [3.8, 4) is 17.0 Å². The highest BCUT2D eigenvalue weighted by Crippen LogP contribution is 2.52. The van der Waals surface area contributed by atoms with Gasteiger partial charge in [-0.25, -0.2) is 24.6 Å². The van der Waals surface area contributed by atoms with E-state index in [1.165, 1.54) is 24.3 Å². The van der Waals surface area contributed by atoms with Crippen molar-refractivity contribution in [3.05, 3.63) is 82.8 Å². The number of amides is 2. The molecule has 2 aromatic rings. The lowest BCUT2D eigenvalue weighted by Gasteiger charge is -2.27. The first-order chi connectivity index (χ1) is 20.9. The van der Waals surface area contributed by atoms with Crippen LogP contribution in [0.3, 0.4) is 0 Å². The number of nitrogens with one attached hydrogen (secondary N) is 1. The van der Waals surface area contributed by atoms with Gasteiger partial charge in [0.1, 0.15) is 35.0 Å². The quantitative estimate of drug-likeness (QED) is 0.345. The molecule has 2 saturated carbocycles. The zero-order chi connectivity index (χ0) is 31.4. The Morgan fingerprint density at radius 2 is 1.95 bits per heavy atom. The van der Waals surface area contributed by atoms with Crippen molar-refractivity contribution in [2.24, 2.45) is 23.4 Å². The molecule has 232 valence electrons. The summed E-state index contributed by atoms with van der Waals surface area (Å²) in [5.41, 5.74) is 5.71. The second-order valence-electron chi connectivity index (χ2n) is 12.5. The fourth-order valence-electron chi connectivity index (χ4n) is 5.95. The van der Waals surface area contributed by atoms with Crippen molar-refractivity contribution in [3.63, 3.8) is 0 Å². The van der Waals surface area contributed by atoms with Crippen LogP contribution in [0.1, 0.15) is 56.7 Å². The third-order valence-electron chi connectivity index (χ3n) is 9.30. The van der Waals surface area contributed by atoms with Gasteiger partial charge >= 0.3 is 0 Å². The molecule has 3 atom stereocenters. The average molecular weight is 606 g/mol. The van der Waals surface area contributed by atoms with Crippen molar-refractivity contribution in [1.82, 2.24) is 15.3 Å². The monoisotopic (exact) mass is 605 g/mol. The number of methoxy groups -OCH3 is 1. The molecular formula is C33H37F2N5O4. The van der Waals surface area contributed by atoms with E-state index in [0.29, 0.717) is 64.2 Å². The van der Waals surface area contributed by atoms with Crippen LogP contribution in [0.5, 0.6) is 5.75 Å². The number of benzene rings is 1. The highest BCUT2D eigenvalue weighted by molar-refractivity contribution is 5.97. The number of nitrogens with two attached hydrogens (primary N) is 2.